The maximum absolute atomic E-state index is 17.1. The highest BCUT2D eigenvalue weighted by atomic mass is 19.1. The Morgan fingerprint density at radius 3 is 2.80 bits per heavy atom. The van der Waals surface area contributed by atoms with Crippen LogP contribution in [0.25, 0.3) is 32.8 Å². The number of benzene rings is 3. The van der Waals surface area contributed by atoms with E-state index in [4.69, 9.17) is 25.9 Å². The van der Waals surface area contributed by atoms with E-state index in [2.05, 4.69) is 21.0 Å². The SMILES string of the molecule is C#Cc1cccc2cc(O)cc(-c3cc4c5c(nc(OCC6(CN7CCCC7)CC6)nc5c3F)N3C[C@H]5CC[C@H](N5)[C@H]3CO4)c12. The smallest absolute Gasteiger partial charge is 0.319 e. The second-order valence-corrected chi connectivity index (χ2v) is 13.7. The molecule has 0 radical (unpaired) electrons. The van der Waals surface area contributed by atoms with E-state index in [9.17, 15) is 5.11 Å². The summed E-state index contributed by atoms with van der Waals surface area (Å²) >= 11 is 0. The number of terminal acetylenes is 1. The van der Waals surface area contributed by atoms with Crippen LogP contribution in [0.4, 0.5) is 10.2 Å². The largest absolute Gasteiger partial charge is 0.508 e. The Kier molecular flexibility index (Phi) is 6.16. The van der Waals surface area contributed by atoms with Gasteiger partial charge in [-0.05, 0) is 86.8 Å². The molecule has 5 aliphatic rings. The van der Waals surface area contributed by atoms with Crippen LogP contribution < -0.4 is 19.7 Å². The molecule has 9 heteroatoms. The van der Waals surface area contributed by atoms with Gasteiger partial charge in [0, 0.05) is 47.1 Å². The number of anilines is 1. The van der Waals surface area contributed by atoms with Crippen LogP contribution in [0.15, 0.2) is 36.4 Å². The van der Waals surface area contributed by atoms with Gasteiger partial charge in [-0.15, -0.1) is 6.42 Å². The third-order valence-corrected chi connectivity index (χ3v) is 10.7. The lowest BCUT2D eigenvalue weighted by atomic mass is 9.93. The summed E-state index contributed by atoms with van der Waals surface area (Å²) in [7, 11) is 0. The minimum absolute atomic E-state index is 0.0253. The Hall–Kier alpha value is -4.13. The number of hydrogen-bond donors (Lipinski definition) is 2. The Morgan fingerprint density at radius 1 is 1.11 bits per heavy atom. The van der Waals surface area contributed by atoms with E-state index in [1.165, 1.54) is 12.8 Å². The number of ether oxygens (including phenoxy) is 2. The Labute approximate surface area is 261 Å². The number of hydrogen-bond acceptors (Lipinski definition) is 8. The van der Waals surface area contributed by atoms with E-state index in [-0.39, 0.29) is 40.3 Å². The summed E-state index contributed by atoms with van der Waals surface area (Å²) in [6.45, 7) is 5.03. The van der Waals surface area contributed by atoms with Gasteiger partial charge in [0.25, 0.3) is 0 Å². The molecule has 1 aromatic heterocycles. The predicted octanol–water partition coefficient (Wildman–Crippen LogP) is 5.23. The summed E-state index contributed by atoms with van der Waals surface area (Å²) in [6, 6.07) is 11.3. The summed E-state index contributed by atoms with van der Waals surface area (Å²) in [5.41, 5.74) is 1.64. The van der Waals surface area contributed by atoms with Crippen molar-refractivity contribution in [2.24, 2.45) is 5.41 Å². The molecule has 4 aromatic rings. The van der Waals surface area contributed by atoms with Crippen molar-refractivity contribution in [3.63, 3.8) is 0 Å². The molecule has 45 heavy (non-hydrogen) atoms. The average molecular weight is 606 g/mol. The van der Waals surface area contributed by atoms with E-state index in [0.29, 0.717) is 52.7 Å². The highest BCUT2D eigenvalue weighted by Gasteiger charge is 2.46. The van der Waals surface area contributed by atoms with Crippen molar-refractivity contribution in [3.05, 3.63) is 47.8 Å². The van der Waals surface area contributed by atoms with Gasteiger partial charge in [-0.3, -0.25) is 0 Å². The normalized spacial score (nSPS) is 24.7. The lowest BCUT2D eigenvalue weighted by Crippen LogP contribution is -2.60. The molecule has 2 N–H and O–H groups in total. The number of likely N-dealkylation sites (tertiary alicyclic amines) is 1. The third kappa shape index (κ3) is 4.49. The lowest BCUT2D eigenvalue weighted by Gasteiger charge is -2.40. The zero-order valence-corrected chi connectivity index (χ0v) is 25.2. The fourth-order valence-corrected chi connectivity index (χ4v) is 8.21. The number of aromatic nitrogens is 2. The van der Waals surface area contributed by atoms with Crippen molar-refractivity contribution in [1.82, 2.24) is 20.2 Å². The fourth-order valence-electron chi connectivity index (χ4n) is 8.21. The van der Waals surface area contributed by atoms with E-state index in [0.717, 1.165) is 57.2 Å². The molecule has 4 fully saturated rings. The number of fused-ring (bicyclic) bond motifs is 6. The molecular formula is C36H36FN5O3. The van der Waals surface area contributed by atoms with Crippen LogP contribution >= 0.6 is 0 Å². The lowest BCUT2D eigenvalue weighted by molar-refractivity contribution is 0.170. The first-order valence-electron chi connectivity index (χ1n) is 16.3. The summed E-state index contributed by atoms with van der Waals surface area (Å²) in [6.07, 6.45) is 12.8. The monoisotopic (exact) mass is 605 g/mol. The molecule has 9 rings (SSSR count). The molecule has 1 aliphatic carbocycles. The quantitative estimate of drug-likeness (QED) is 0.289. The first-order valence-corrected chi connectivity index (χ1v) is 16.3. The molecule has 8 nitrogen and oxygen atoms in total. The number of rotatable bonds is 6. The summed E-state index contributed by atoms with van der Waals surface area (Å²) < 4.78 is 30.0. The van der Waals surface area contributed by atoms with Gasteiger partial charge < -0.3 is 29.7 Å². The standard InChI is InChI=1S/C36H36FN5O3/c1-2-21-6-5-7-22-14-24(43)15-25(30(21)22)26-16-29-31-33(32(26)37)39-35(45-20-36(10-11-36)19-41-12-3-4-13-41)40-34(31)42-17-23-8-9-27(38-23)28(42)18-44-29/h1,5-7,14-16,23,27-28,38,43H,3-4,8-13,17-20H2/t23-,27+,28-/m1/s1. The minimum Gasteiger partial charge on any atom is -0.508 e. The summed E-state index contributed by atoms with van der Waals surface area (Å²) in [5.74, 6) is 3.44. The van der Waals surface area contributed by atoms with Gasteiger partial charge in [0.05, 0.1) is 18.0 Å². The second kappa shape index (κ2) is 10.2. The molecule has 3 saturated heterocycles. The maximum atomic E-state index is 17.1. The second-order valence-electron chi connectivity index (χ2n) is 13.7. The van der Waals surface area contributed by atoms with Crippen molar-refractivity contribution in [2.75, 3.05) is 44.3 Å². The number of nitrogens with one attached hydrogen (secondary N) is 1. The zero-order valence-electron chi connectivity index (χ0n) is 25.2. The van der Waals surface area contributed by atoms with E-state index in [1.807, 2.05) is 18.2 Å². The molecule has 3 aromatic carbocycles. The fraction of sp³-hybridized carbons (Fsp3) is 0.444. The number of phenols is 1. The van der Waals surface area contributed by atoms with Crippen molar-refractivity contribution >= 4 is 27.5 Å². The molecule has 0 spiro atoms. The van der Waals surface area contributed by atoms with Crippen molar-refractivity contribution in [1.29, 1.82) is 0 Å². The first kappa shape index (κ1) is 27.2. The van der Waals surface area contributed by atoms with Crippen LogP contribution in [-0.4, -0.2) is 77.5 Å². The van der Waals surface area contributed by atoms with Crippen LogP contribution in [0.2, 0.25) is 0 Å². The van der Waals surface area contributed by atoms with Crippen molar-refractivity contribution in [2.45, 2.75) is 56.7 Å². The van der Waals surface area contributed by atoms with Gasteiger partial charge in [-0.1, -0.05) is 18.1 Å². The zero-order chi connectivity index (χ0) is 30.3. The number of aromatic hydroxyl groups is 1. The molecular weight excluding hydrogens is 569 g/mol. The van der Waals surface area contributed by atoms with E-state index in [1.54, 1.807) is 18.2 Å². The van der Waals surface area contributed by atoms with Gasteiger partial charge >= 0.3 is 6.01 Å². The first-order chi connectivity index (χ1) is 22.0. The van der Waals surface area contributed by atoms with Crippen LogP contribution in [0.5, 0.6) is 17.5 Å². The number of phenolic OH excluding ortho intramolecular Hbond substituents is 1. The molecule has 5 heterocycles. The van der Waals surface area contributed by atoms with Crippen LogP contribution in [-0.2, 0) is 0 Å². The summed E-state index contributed by atoms with van der Waals surface area (Å²) in [4.78, 5) is 14.6. The number of halogens is 1. The van der Waals surface area contributed by atoms with Gasteiger partial charge in [0.2, 0.25) is 0 Å². The molecule has 4 aliphatic heterocycles. The van der Waals surface area contributed by atoms with Crippen LogP contribution in [0.1, 0.15) is 44.1 Å². The highest BCUT2D eigenvalue weighted by molar-refractivity contribution is 6.05. The molecule has 230 valence electrons. The number of piperazine rings is 1. The Morgan fingerprint density at radius 2 is 1.98 bits per heavy atom. The van der Waals surface area contributed by atoms with Gasteiger partial charge in [0.15, 0.2) is 5.82 Å². The topological polar surface area (TPSA) is 83.0 Å². The van der Waals surface area contributed by atoms with Gasteiger partial charge in [0.1, 0.15) is 29.4 Å². The molecule has 3 atom stereocenters. The average Bonchev–Trinajstić information content (AvgIpc) is 3.47. The molecule has 0 unspecified atom stereocenters. The highest BCUT2D eigenvalue weighted by Crippen LogP contribution is 2.48. The van der Waals surface area contributed by atoms with Gasteiger partial charge in [-0.25, -0.2) is 4.39 Å². The van der Waals surface area contributed by atoms with Crippen LogP contribution in [0, 0.1) is 23.6 Å². The third-order valence-electron chi connectivity index (χ3n) is 10.7. The molecule has 0 amide bonds. The van der Waals surface area contributed by atoms with E-state index >= 15 is 4.39 Å². The minimum atomic E-state index is -0.515. The number of nitrogens with zero attached hydrogens (tertiary/aromatic N) is 4. The molecule has 2 bridgehead atoms. The van der Waals surface area contributed by atoms with Crippen LogP contribution in [0.3, 0.4) is 0 Å². The van der Waals surface area contributed by atoms with Crippen molar-refractivity contribution < 1.29 is 19.0 Å². The summed E-state index contributed by atoms with van der Waals surface area (Å²) in [5, 5.41) is 16.4. The Bertz CT molecular complexity index is 1900. The molecule has 1 saturated carbocycles. The van der Waals surface area contributed by atoms with Crippen molar-refractivity contribution in [3.8, 4) is 41.0 Å². The Balaban J connectivity index is 1.20. The van der Waals surface area contributed by atoms with E-state index < -0.39 is 5.82 Å². The predicted molar refractivity (Wildman–Crippen MR) is 171 cm³/mol. The maximum Gasteiger partial charge on any atom is 0.319 e. The van der Waals surface area contributed by atoms with Gasteiger partial charge in [-0.2, -0.15) is 9.97 Å².